The van der Waals surface area contributed by atoms with Crippen LogP contribution in [0.4, 0.5) is 4.39 Å². The molecule has 0 bridgehead atoms. The summed E-state index contributed by atoms with van der Waals surface area (Å²) in [5, 5.41) is 0. The molecule has 3 aromatic rings. The summed E-state index contributed by atoms with van der Waals surface area (Å²) in [6, 6.07) is 16.3. The van der Waals surface area contributed by atoms with Crippen molar-refractivity contribution in [2.75, 3.05) is 6.54 Å². The van der Waals surface area contributed by atoms with Crippen LogP contribution in [0.15, 0.2) is 71.8 Å². The Hall–Kier alpha value is -2.44. The number of halogens is 1. The predicted octanol–water partition coefficient (Wildman–Crippen LogP) is 3.73. The van der Waals surface area contributed by atoms with E-state index < -0.39 is 21.9 Å². The number of hydrogen-bond acceptors (Lipinski definition) is 2. The molecule has 26 heavy (non-hydrogen) atoms. The molecule has 4 rings (SSSR count). The van der Waals surface area contributed by atoms with E-state index in [9.17, 15) is 12.8 Å². The van der Waals surface area contributed by atoms with Crippen molar-refractivity contribution >= 4 is 10.0 Å². The maximum absolute atomic E-state index is 13.3. The molecule has 4 nitrogen and oxygen atoms in total. The van der Waals surface area contributed by atoms with Gasteiger partial charge in [0.25, 0.3) is 0 Å². The van der Waals surface area contributed by atoms with Gasteiger partial charge in [0.1, 0.15) is 5.82 Å². The largest absolute Gasteiger partial charge is 0.348 e. The number of nitrogens with zero attached hydrogens (tertiary/aromatic N) is 2. The van der Waals surface area contributed by atoms with Crippen molar-refractivity contribution in [3.8, 4) is 0 Å². The van der Waals surface area contributed by atoms with E-state index in [1.807, 2.05) is 49.5 Å². The topological polar surface area (TPSA) is 42.3 Å². The third kappa shape index (κ3) is 2.75. The Kier molecular flexibility index (Phi) is 4.17. The number of aromatic nitrogens is 1. The molecule has 1 aliphatic rings. The number of sulfonamides is 1. The molecule has 2 heterocycles. The molecule has 0 fully saturated rings. The lowest BCUT2D eigenvalue weighted by Crippen LogP contribution is -2.42. The SMILES string of the molecule is Cc1ccccc1C1c2cccn2CCN1S(=O)(=O)c1ccc(F)cc1. The van der Waals surface area contributed by atoms with Gasteiger partial charge in [-0.05, 0) is 54.4 Å². The van der Waals surface area contributed by atoms with Crippen LogP contribution in [-0.2, 0) is 16.6 Å². The van der Waals surface area contributed by atoms with Gasteiger partial charge in [-0.2, -0.15) is 4.31 Å². The maximum Gasteiger partial charge on any atom is 0.244 e. The number of hydrogen-bond donors (Lipinski definition) is 0. The van der Waals surface area contributed by atoms with Gasteiger partial charge in [0, 0.05) is 25.0 Å². The summed E-state index contributed by atoms with van der Waals surface area (Å²) in [7, 11) is -3.76. The van der Waals surface area contributed by atoms with Gasteiger partial charge in [0.05, 0.1) is 10.9 Å². The van der Waals surface area contributed by atoms with Crippen LogP contribution >= 0.6 is 0 Å². The van der Waals surface area contributed by atoms with Gasteiger partial charge in [-0.15, -0.1) is 0 Å². The zero-order valence-electron chi connectivity index (χ0n) is 14.3. The minimum absolute atomic E-state index is 0.109. The van der Waals surface area contributed by atoms with E-state index in [4.69, 9.17) is 0 Å². The summed E-state index contributed by atoms with van der Waals surface area (Å²) >= 11 is 0. The molecule has 0 spiro atoms. The van der Waals surface area contributed by atoms with Crippen molar-refractivity contribution in [3.63, 3.8) is 0 Å². The molecule has 134 valence electrons. The fourth-order valence-electron chi connectivity index (χ4n) is 3.57. The molecule has 0 saturated carbocycles. The predicted molar refractivity (Wildman–Crippen MR) is 97.7 cm³/mol. The third-order valence-electron chi connectivity index (χ3n) is 4.90. The van der Waals surface area contributed by atoms with Crippen LogP contribution in [0.25, 0.3) is 0 Å². The van der Waals surface area contributed by atoms with E-state index in [1.54, 1.807) is 0 Å². The summed E-state index contributed by atoms with van der Waals surface area (Å²) in [4.78, 5) is 0.109. The van der Waals surface area contributed by atoms with Crippen LogP contribution in [-0.4, -0.2) is 23.8 Å². The monoisotopic (exact) mass is 370 g/mol. The summed E-state index contributed by atoms with van der Waals surface area (Å²) in [6.07, 6.45) is 1.97. The van der Waals surface area contributed by atoms with E-state index in [2.05, 4.69) is 4.57 Å². The quantitative estimate of drug-likeness (QED) is 0.705. The van der Waals surface area contributed by atoms with Crippen LogP contribution in [0.1, 0.15) is 22.9 Å². The first-order chi connectivity index (χ1) is 12.5. The molecular formula is C20H19FN2O2S. The standard InChI is InChI=1S/C20H19FN2O2S/c1-15-5-2-3-6-18(15)20-19-7-4-12-22(19)13-14-23(20)26(24,25)17-10-8-16(21)9-11-17/h2-12,20H,13-14H2,1H3. The Labute approximate surface area is 152 Å². The Morgan fingerprint density at radius 3 is 2.42 bits per heavy atom. The molecule has 0 aliphatic carbocycles. The highest BCUT2D eigenvalue weighted by molar-refractivity contribution is 7.89. The highest BCUT2D eigenvalue weighted by atomic mass is 32.2. The van der Waals surface area contributed by atoms with E-state index in [0.29, 0.717) is 13.1 Å². The second kappa shape index (κ2) is 6.37. The molecule has 0 amide bonds. The number of fused-ring (bicyclic) bond motifs is 1. The van der Waals surface area contributed by atoms with Crippen LogP contribution < -0.4 is 0 Å². The van der Waals surface area contributed by atoms with Crippen LogP contribution in [0, 0.1) is 12.7 Å². The first kappa shape index (κ1) is 17.0. The average Bonchev–Trinajstić information content (AvgIpc) is 3.10. The summed E-state index contributed by atoms with van der Waals surface area (Å²) < 4.78 is 43.5. The minimum atomic E-state index is -3.76. The zero-order valence-corrected chi connectivity index (χ0v) is 15.2. The van der Waals surface area contributed by atoms with Gasteiger partial charge in [-0.3, -0.25) is 0 Å². The van der Waals surface area contributed by atoms with Crippen molar-refractivity contribution in [2.24, 2.45) is 0 Å². The van der Waals surface area contributed by atoms with Gasteiger partial charge < -0.3 is 4.57 Å². The third-order valence-corrected chi connectivity index (χ3v) is 6.78. The van der Waals surface area contributed by atoms with Crippen molar-refractivity contribution in [1.29, 1.82) is 0 Å². The molecule has 1 aliphatic heterocycles. The molecule has 6 heteroatoms. The first-order valence-corrected chi connectivity index (χ1v) is 9.90. The van der Waals surface area contributed by atoms with E-state index in [0.717, 1.165) is 16.8 Å². The molecule has 1 aromatic heterocycles. The fourth-order valence-corrected chi connectivity index (χ4v) is 5.14. The van der Waals surface area contributed by atoms with E-state index in [1.165, 1.54) is 28.6 Å². The highest BCUT2D eigenvalue weighted by Gasteiger charge is 2.38. The first-order valence-electron chi connectivity index (χ1n) is 8.46. The Balaban J connectivity index is 1.87. The second-order valence-corrected chi connectivity index (χ2v) is 8.35. The Morgan fingerprint density at radius 1 is 0.962 bits per heavy atom. The van der Waals surface area contributed by atoms with Crippen molar-refractivity contribution in [1.82, 2.24) is 8.87 Å². The molecule has 1 unspecified atom stereocenters. The van der Waals surface area contributed by atoms with Crippen molar-refractivity contribution in [2.45, 2.75) is 24.4 Å². The van der Waals surface area contributed by atoms with Gasteiger partial charge >= 0.3 is 0 Å². The van der Waals surface area contributed by atoms with Crippen LogP contribution in [0.5, 0.6) is 0 Å². The average molecular weight is 370 g/mol. The Morgan fingerprint density at radius 2 is 1.69 bits per heavy atom. The summed E-state index contributed by atoms with van der Waals surface area (Å²) in [5.74, 6) is -0.452. The Bertz CT molecular complexity index is 1040. The smallest absolute Gasteiger partial charge is 0.244 e. The lowest BCUT2D eigenvalue weighted by atomic mass is 9.97. The number of benzene rings is 2. The van der Waals surface area contributed by atoms with Gasteiger partial charge in [0.2, 0.25) is 10.0 Å². The maximum atomic E-state index is 13.3. The van der Waals surface area contributed by atoms with Crippen molar-refractivity contribution in [3.05, 3.63) is 89.5 Å². The van der Waals surface area contributed by atoms with Crippen LogP contribution in [0.2, 0.25) is 0 Å². The van der Waals surface area contributed by atoms with Gasteiger partial charge in [0.15, 0.2) is 0 Å². The lowest BCUT2D eigenvalue weighted by Gasteiger charge is -2.37. The molecule has 1 atom stereocenters. The fraction of sp³-hybridized carbons (Fsp3) is 0.200. The normalized spacial score (nSPS) is 17.8. The lowest BCUT2D eigenvalue weighted by molar-refractivity contribution is 0.297. The second-order valence-electron chi connectivity index (χ2n) is 6.46. The number of rotatable bonds is 3. The minimum Gasteiger partial charge on any atom is -0.348 e. The van der Waals surface area contributed by atoms with E-state index in [-0.39, 0.29) is 4.90 Å². The molecule has 2 aromatic carbocycles. The van der Waals surface area contributed by atoms with E-state index >= 15 is 0 Å². The highest BCUT2D eigenvalue weighted by Crippen LogP contribution is 2.37. The van der Waals surface area contributed by atoms with Gasteiger partial charge in [-0.1, -0.05) is 24.3 Å². The molecular weight excluding hydrogens is 351 g/mol. The van der Waals surface area contributed by atoms with Gasteiger partial charge in [-0.25, -0.2) is 12.8 Å². The molecule has 0 radical (unpaired) electrons. The summed E-state index contributed by atoms with van der Waals surface area (Å²) in [6.45, 7) is 2.94. The van der Waals surface area contributed by atoms with Crippen LogP contribution in [0.3, 0.4) is 0 Å². The zero-order chi connectivity index (χ0) is 18.3. The summed E-state index contributed by atoms with van der Waals surface area (Å²) in [5.41, 5.74) is 2.93. The van der Waals surface area contributed by atoms with Crippen molar-refractivity contribution < 1.29 is 12.8 Å². The molecule has 0 N–H and O–H groups in total. The molecule has 0 saturated heterocycles. The number of aryl methyl sites for hydroxylation is 1.